The van der Waals surface area contributed by atoms with Gasteiger partial charge in [-0.25, -0.2) is 0 Å². The van der Waals surface area contributed by atoms with Crippen molar-refractivity contribution in [1.29, 1.82) is 0 Å². The lowest BCUT2D eigenvalue weighted by Crippen LogP contribution is -1.89. The summed E-state index contributed by atoms with van der Waals surface area (Å²) >= 11 is 2.42. The smallest absolute Gasteiger partial charge is 0.136 e. The van der Waals surface area contributed by atoms with Crippen LogP contribution in [0.25, 0.3) is 72.3 Å². The largest absolute Gasteiger partial charge is 0.460 e. The average Bonchev–Trinajstić information content (AvgIpc) is 3.75. The zero-order valence-corrected chi connectivity index (χ0v) is 21.4. The predicted octanol–water partition coefficient (Wildman–Crippen LogP) is 9.36. The van der Waals surface area contributed by atoms with Crippen LogP contribution >= 0.6 is 11.7 Å². The number of benzene rings is 4. The van der Waals surface area contributed by atoms with E-state index in [2.05, 4.69) is 54.6 Å². The molecule has 8 heteroatoms. The minimum Gasteiger partial charge on any atom is -0.460 e. The Bertz CT molecular complexity index is 2250. The number of furan rings is 2. The standard InChI is InChI=1S/C30H16N4O2S2/c1-3-7-21-17(5-1)19-11-9-15(13-23(19)35-21)25-27-29(33-37-31-27)26(30-28(25)32-38-34-30)16-10-12-20-18-6-2-4-8-22(18)36-24(20)14-16/h1-3,5-7,9-14H,4,8H2. The third-order valence-corrected chi connectivity index (χ3v) is 8.57. The maximum absolute atomic E-state index is 6.27. The zero-order valence-electron chi connectivity index (χ0n) is 19.8. The van der Waals surface area contributed by atoms with Gasteiger partial charge >= 0.3 is 0 Å². The van der Waals surface area contributed by atoms with E-state index < -0.39 is 0 Å². The monoisotopic (exact) mass is 528 g/mol. The molecule has 0 bridgehead atoms. The average molecular weight is 529 g/mol. The van der Waals surface area contributed by atoms with Crippen LogP contribution in [-0.2, 0) is 17.8 Å². The number of rotatable bonds is 2. The molecule has 2 aliphatic rings. The fraction of sp³-hybridized carbons (Fsp3) is 0.0667. The number of aryl methyl sites for hydroxylation is 1. The van der Waals surface area contributed by atoms with Gasteiger partial charge in [0.15, 0.2) is 0 Å². The zero-order chi connectivity index (χ0) is 24.8. The number of hydrogen-bond acceptors (Lipinski definition) is 7. The quantitative estimate of drug-likeness (QED) is 0.224. The Balaban J connectivity index is 1.29. The van der Waals surface area contributed by atoms with E-state index in [1.54, 1.807) is 0 Å². The molecule has 0 atom stereocenters. The molecule has 0 unspecified atom stereocenters. The molecule has 180 valence electrons. The Morgan fingerprint density at radius 3 is 2.16 bits per heavy atom. The highest BCUT2D eigenvalue weighted by Gasteiger charge is 2.27. The van der Waals surface area contributed by atoms with Crippen molar-refractivity contribution in [3.05, 3.63) is 78.1 Å². The molecule has 0 spiro atoms. The van der Waals surface area contributed by atoms with Crippen molar-refractivity contribution in [1.82, 2.24) is 8.75 Å². The molecule has 9 rings (SSSR count). The van der Waals surface area contributed by atoms with E-state index in [1.807, 2.05) is 18.2 Å². The summed E-state index contributed by atoms with van der Waals surface area (Å²) in [5, 5.41) is 3.33. The number of aromatic nitrogens is 2. The second kappa shape index (κ2) is 7.56. The molecule has 0 N–H and O–H groups in total. The molecule has 1 aliphatic carbocycles. The van der Waals surface area contributed by atoms with Gasteiger partial charge in [-0.15, -0.1) is 0 Å². The molecule has 7 aromatic rings. The van der Waals surface area contributed by atoms with Crippen molar-refractivity contribution in [3.63, 3.8) is 0 Å². The maximum Gasteiger partial charge on any atom is 0.136 e. The maximum atomic E-state index is 6.27. The van der Waals surface area contributed by atoms with Gasteiger partial charge in [-0.05, 0) is 47.9 Å². The Kier molecular flexibility index (Phi) is 4.11. The molecule has 0 radical (unpaired) electrons. The summed E-state index contributed by atoms with van der Waals surface area (Å²) in [5.41, 5.74) is 10.9. The van der Waals surface area contributed by atoms with Gasteiger partial charge in [0, 0.05) is 39.3 Å². The van der Waals surface area contributed by atoms with Gasteiger partial charge in [-0.3, -0.25) is 0 Å². The first-order valence-corrected chi connectivity index (χ1v) is 13.8. The lowest BCUT2D eigenvalue weighted by atomic mass is 9.93. The van der Waals surface area contributed by atoms with Crippen LogP contribution < -0.4 is 0 Å². The molecule has 4 aromatic carbocycles. The molecule has 1 aliphatic heterocycles. The van der Waals surface area contributed by atoms with Gasteiger partial charge < -0.3 is 8.83 Å². The molecule has 0 saturated carbocycles. The van der Waals surface area contributed by atoms with Crippen molar-refractivity contribution in [3.8, 4) is 22.3 Å². The summed E-state index contributed by atoms with van der Waals surface area (Å²) in [4.78, 5) is 0. The molecule has 3 aromatic heterocycles. The molecule has 4 heterocycles. The van der Waals surface area contributed by atoms with Gasteiger partial charge in [0.2, 0.25) is 0 Å². The number of allylic oxidation sites excluding steroid dienone is 1. The lowest BCUT2D eigenvalue weighted by molar-refractivity contribution is 0.546. The molecular weight excluding hydrogens is 512 g/mol. The summed E-state index contributed by atoms with van der Waals surface area (Å²) in [6.45, 7) is 0. The van der Waals surface area contributed by atoms with Crippen LogP contribution in [0.3, 0.4) is 0 Å². The second-order valence-corrected chi connectivity index (χ2v) is 10.6. The van der Waals surface area contributed by atoms with Crippen LogP contribution in [0, 0.1) is 0 Å². The van der Waals surface area contributed by atoms with Crippen LogP contribution in [0.1, 0.15) is 17.7 Å². The van der Waals surface area contributed by atoms with E-state index in [-0.39, 0.29) is 0 Å². The van der Waals surface area contributed by atoms with Crippen LogP contribution in [0.5, 0.6) is 0 Å². The van der Waals surface area contributed by atoms with Gasteiger partial charge in [-0.1, -0.05) is 42.5 Å². The third kappa shape index (κ3) is 2.76. The van der Waals surface area contributed by atoms with Gasteiger partial charge in [0.25, 0.3) is 0 Å². The van der Waals surface area contributed by atoms with E-state index >= 15 is 0 Å². The van der Waals surface area contributed by atoms with E-state index in [0.717, 1.165) is 96.2 Å². The van der Waals surface area contributed by atoms with Gasteiger partial charge in [-0.2, -0.15) is 17.5 Å². The minimum atomic E-state index is 0.822. The first kappa shape index (κ1) is 20.6. The first-order valence-electron chi connectivity index (χ1n) is 12.4. The number of para-hydroxylation sites is 1. The Hall–Kier alpha value is -4.40. The van der Waals surface area contributed by atoms with Crippen LogP contribution in [0.15, 0.2) is 84.3 Å². The SMILES string of the molecule is C1=Cc2c(oc3cc(-c4c5c(c(-c6ccc7c(c6)oc6ccccc67)c6nsnc46)N=S=N5)ccc23)CC1. The van der Waals surface area contributed by atoms with E-state index in [9.17, 15) is 0 Å². The van der Waals surface area contributed by atoms with Crippen LogP contribution in [0.4, 0.5) is 11.4 Å². The normalized spacial score (nSPS) is 14.1. The van der Waals surface area contributed by atoms with E-state index in [4.69, 9.17) is 26.3 Å². The Morgan fingerprint density at radius 1 is 0.684 bits per heavy atom. The summed E-state index contributed by atoms with van der Waals surface area (Å²) in [5.74, 6) is 1.05. The molecule has 6 nitrogen and oxygen atoms in total. The van der Waals surface area contributed by atoms with E-state index in [1.165, 1.54) is 28.6 Å². The number of fused-ring (bicyclic) bond motifs is 8. The summed E-state index contributed by atoms with van der Waals surface area (Å²) in [6.07, 6.45) is 6.32. The van der Waals surface area contributed by atoms with Crippen molar-refractivity contribution in [2.24, 2.45) is 8.73 Å². The number of hydrogen-bond donors (Lipinski definition) is 0. The number of nitrogens with zero attached hydrogens (tertiary/aromatic N) is 4. The highest BCUT2D eigenvalue weighted by molar-refractivity contribution is 7.58. The van der Waals surface area contributed by atoms with Crippen molar-refractivity contribution < 1.29 is 8.83 Å². The molecule has 38 heavy (non-hydrogen) atoms. The summed E-state index contributed by atoms with van der Waals surface area (Å²) in [7, 11) is 0. The lowest BCUT2D eigenvalue weighted by Gasteiger charge is -2.12. The molecule has 0 fully saturated rings. The minimum absolute atomic E-state index is 0.822. The van der Waals surface area contributed by atoms with Crippen LogP contribution in [-0.4, -0.2) is 8.75 Å². The van der Waals surface area contributed by atoms with Gasteiger partial charge in [0.05, 0.1) is 23.1 Å². The summed E-state index contributed by atoms with van der Waals surface area (Å²) < 4.78 is 31.5. The molecule has 0 amide bonds. The van der Waals surface area contributed by atoms with Crippen molar-refractivity contribution in [2.75, 3.05) is 0 Å². The van der Waals surface area contributed by atoms with Crippen molar-refractivity contribution in [2.45, 2.75) is 12.8 Å². The summed E-state index contributed by atoms with van der Waals surface area (Å²) in [6, 6.07) is 20.8. The highest BCUT2D eigenvalue weighted by atomic mass is 32.1. The predicted molar refractivity (Wildman–Crippen MR) is 154 cm³/mol. The van der Waals surface area contributed by atoms with Crippen molar-refractivity contribution >= 4 is 84.5 Å². The van der Waals surface area contributed by atoms with Crippen LogP contribution in [0.2, 0.25) is 0 Å². The highest BCUT2D eigenvalue weighted by Crippen LogP contribution is 2.52. The Labute approximate surface area is 223 Å². The van der Waals surface area contributed by atoms with E-state index in [0.29, 0.717) is 0 Å². The first-order chi connectivity index (χ1) is 18.8. The molecule has 0 saturated heterocycles. The van der Waals surface area contributed by atoms with Gasteiger partial charge in [0.1, 0.15) is 44.9 Å². The molecular formula is C30H16N4O2S2. The second-order valence-electron chi connectivity index (χ2n) is 9.57. The third-order valence-electron chi connectivity index (χ3n) is 7.51. The fourth-order valence-electron chi connectivity index (χ4n) is 5.79. The topological polar surface area (TPSA) is 76.8 Å². The Morgan fingerprint density at radius 2 is 1.37 bits per heavy atom. The fourth-order valence-corrected chi connectivity index (χ4v) is 6.91.